The third-order valence-electron chi connectivity index (χ3n) is 4.22. The predicted octanol–water partition coefficient (Wildman–Crippen LogP) is 3.55. The maximum Gasteiger partial charge on any atom is 0.260 e. The van der Waals surface area contributed by atoms with E-state index in [0.717, 1.165) is 12.1 Å². The third kappa shape index (κ3) is 2.37. The first-order chi connectivity index (χ1) is 10.8. The lowest BCUT2D eigenvalue weighted by Gasteiger charge is -2.17. The van der Waals surface area contributed by atoms with E-state index in [4.69, 9.17) is 0 Å². The number of anilines is 2. The van der Waals surface area contributed by atoms with E-state index in [2.05, 4.69) is 33.5 Å². The largest absolute Gasteiger partial charge is 0.326 e. The maximum atomic E-state index is 12.1. The highest BCUT2D eigenvalue weighted by molar-refractivity contribution is 5.78. The van der Waals surface area contributed by atoms with E-state index in [1.54, 1.807) is 6.07 Å². The van der Waals surface area contributed by atoms with Crippen LogP contribution in [-0.2, 0) is 12.8 Å². The van der Waals surface area contributed by atoms with Crippen molar-refractivity contribution in [2.75, 3.05) is 5.32 Å². The Morgan fingerprint density at radius 3 is 2.73 bits per heavy atom. The molecule has 4 heteroatoms. The van der Waals surface area contributed by atoms with Crippen molar-refractivity contribution in [1.29, 1.82) is 0 Å². The van der Waals surface area contributed by atoms with Gasteiger partial charge in [-0.2, -0.15) is 0 Å². The summed E-state index contributed by atoms with van der Waals surface area (Å²) in [5, 5.41) is 3.83. The highest BCUT2D eigenvalue weighted by Gasteiger charge is 2.10. The van der Waals surface area contributed by atoms with E-state index < -0.39 is 0 Å². The monoisotopic (exact) mass is 291 g/mol. The molecule has 1 heterocycles. The smallest absolute Gasteiger partial charge is 0.260 e. The zero-order valence-corrected chi connectivity index (χ0v) is 12.2. The second-order valence-electron chi connectivity index (χ2n) is 5.75. The zero-order valence-electron chi connectivity index (χ0n) is 12.2. The lowest BCUT2D eigenvalue weighted by atomic mass is 9.91. The van der Waals surface area contributed by atoms with Gasteiger partial charge < -0.3 is 5.32 Å². The molecule has 3 aromatic rings. The number of nitrogens with zero attached hydrogens (tertiary/aromatic N) is 1. The number of hydrogen-bond donors (Lipinski definition) is 2. The number of fused-ring (bicyclic) bond motifs is 2. The molecule has 2 N–H and O–H groups in total. The molecule has 0 spiro atoms. The second-order valence-corrected chi connectivity index (χ2v) is 5.75. The molecule has 0 amide bonds. The van der Waals surface area contributed by atoms with Crippen molar-refractivity contribution >= 4 is 22.5 Å². The molecular formula is C18H17N3O. The molecule has 0 atom stereocenters. The summed E-state index contributed by atoms with van der Waals surface area (Å²) < 4.78 is 0. The van der Waals surface area contributed by atoms with Gasteiger partial charge in [-0.05, 0) is 61.1 Å². The second kappa shape index (κ2) is 5.30. The van der Waals surface area contributed by atoms with Gasteiger partial charge in [0, 0.05) is 5.69 Å². The summed E-state index contributed by atoms with van der Waals surface area (Å²) in [6.45, 7) is 0. The molecule has 1 aliphatic rings. The summed E-state index contributed by atoms with van der Waals surface area (Å²) in [6, 6.07) is 13.8. The van der Waals surface area contributed by atoms with Crippen LogP contribution in [0.15, 0.2) is 47.3 Å². The van der Waals surface area contributed by atoms with Crippen molar-refractivity contribution in [3.8, 4) is 0 Å². The van der Waals surface area contributed by atoms with Crippen LogP contribution in [0.25, 0.3) is 10.9 Å². The van der Waals surface area contributed by atoms with Gasteiger partial charge in [0.25, 0.3) is 5.56 Å². The van der Waals surface area contributed by atoms with E-state index in [1.165, 1.54) is 30.4 Å². The first-order valence-electron chi connectivity index (χ1n) is 7.67. The minimum absolute atomic E-state index is 0.119. The Bertz CT molecular complexity index is 898. The molecule has 0 aliphatic heterocycles. The molecule has 0 saturated carbocycles. The summed E-state index contributed by atoms with van der Waals surface area (Å²) in [4.78, 5) is 19.4. The van der Waals surface area contributed by atoms with Gasteiger partial charge in [0.1, 0.15) is 0 Å². The molecule has 22 heavy (non-hydrogen) atoms. The molecule has 0 bridgehead atoms. The zero-order chi connectivity index (χ0) is 14.9. The quantitative estimate of drug-likeness (QED) is 0.759. The number of hydrogen-bond acceptors (Lipinski definition) is 3. The van der Waals surface area contributed by atoms with Crippen molar-refractivity contribution in [2.45, 2.75) is 25.7 Å². The summed E-state index contributed by atoms with van der Waals surface area (Å²) >= 11 is 0. The standard InChI is InChI=1S/C18H17N3O/c22-17-15-7-3-4-8-16(15)20-18(21-17)19-14-10-9-12-5-1-2-6-13(12)11-14/h3-4,7-11H,1-2,5-6H2,(H2,19,20,21,22). The third-order valence-corrected chi connectivity index (χ3v) is 4.22. The lowest BCUT2D eigenvalue weighted by Crippen LogP contribution is -2.11. The summed E-state index contributed by atoms with van der Waals surface area (Å²) in [5.74, 6) is 0.486. The molecule has 1 aromatic heterocycles. The minimum atomic E-state index is -0.119. The Hall–Kier alpha value is -2.62. The first-order valence-corrected chi connectivity index (χ1v) is 7.67. The fraction of sp³-hybridized carbons (Fsp3) is 0.222. The van der Waals surface area contributed by atoms with Gasteiger partial charge in [-0.3, -0.25) is 9.78 Å². The van der Waals surface area contributed by atoms with Crippen LogP contribution in [0.2, 0.25) is 0 Å². The minimum Gasteiger partial charge on any atom is -0.326 e. The van der Waals surface area contributed by atoms with Gasteiger partial charge in [-0.15, -0.1) is 0 Å². The Balaban J connectivity index is 1.70. The van der Waals surface area contributed by atoms with Crippen LogP contribution in [0, 0.1) is 0 Å². The van der Waals surface area contributed by atoms with Gasteiger partial charge in [0.05, 0.1) is 10.9 Å². The maximum absolute atomic E-state index is 12.1. The van der Waals surface area contributed by atoms with Crippen molar-refractivity contribution in [3.05, 3.63) is 63.9 Å². The van der Waals surface area contributed by atoms with Crippen molar-refractivity contribution in [3.63, 3.8) is 0 Å². The van der Waals surface area contributed by atoms with Crippen LogP contribution in [0.1, 0.15) is 24.0 Å². The SMILES string of the molecule is O=c1[nH]c(Nc2ccc3c(c2)CCCC3)nc2ccccc12. The Labute approximate surface area is 128 Å². The fourth-order valence-electron chi connectivity index (χ4n) is 3.09. The van der Waals surface area contributed by atoms with Crippen LogP contribution in [0.5, 0.6) is 0 Å². The Kier molecular flexibility index (Phi) is 3.15. The number of nitrogens with one attached hydrogen (secondary N) is 2. The normalized spacial score (nSPS) is 13.8. The molecule has 0 radical (unpaired) electrons. The number of aryl methyl sites for hydroxylation is 2. The van der Waals surface area contributed by atoms with Crippen LogP contribution < -0.4 is 10.9 Å². The molecule has 0 saturated heterocycles. The number of benzene rings is 2. The Morgan fingerprint density at radius 1 is 1.00 bits per heavy atom. The van der Waals surface area contributed by atoms with Crippen LogP contribution >= 0.6 is 0 Å². The number of para-hydroxylation sites is 1. The van der Waals surface area contributed by atoms with Crippen LogP contribution in [0.3, 0.4) is 0 Å². The van der Waals surface area contributed by atoms with E-state index in [0.29, 0.717) is 16.9 Å². The van der Waals surface area contributed by atoms with E-state index in [1.807, 2.05) is 18.2 Å². The van der Waals surface area contributed by atoms with Gasteiger partial charge >= 0.3 is 0 Å². The summed E-state index contributed by atoms with van der Waals surface area (Å²) in [6.07, 6.45) is 4.83. The highest BCUT2D eigenvalue weighted by Crippen LogP contribution is 2.25. The summed E-state index contributed by atoms with van der Waals surface area (Å²) in [7, 11) is 0. The van der Waals surface area contributed by atoms with Gasteiger partial charge in [-0.1, -0.05) is 18.2 Å². The molecule has 1 aliphatic carbocycles. The van der Waals surface area contributed by atoms with E-state index >= 15 is 0 Å². The number of aromatic amines is 1. The topological polar surface area (TPSA) is 57.8 Å². The number of rotatable bonds is 2. The number of H-pyrrole nitrogens is 1. The van der Waals surface area contributed by atoms with Crippen molar-refractivity contribution in [2.24, 2.45) is 0 Å². The predicted molar refractivity (Wildman–Crippen MR) is 88.7 cm³/mol. The van der Waals surface area contributed by atoms with Gasteiger partial charge in [0.15, 0.2) is 0 Å². The lowest BCUT2D eigenvalue weighted by molar-refractivity contribution is 0.686. The molecule has 110 valence electrons. The van der Waals surface area contributed by atoms with Gasteiger partial charge in [-0.25, -0.2) is 4.98 Å². The average Bonchev–Trinajstić information content (AvgIpc) is 2.55. The molecule has 2 aromatic carbocycles. The van der Waals surface area contributed by atoms with Crippen molar-refractivity contribution in [1.82, 2.24) is 9.97 Å². The van der Waals surface area contributed by atoms with Crippen molar-refractivity contribution < 1.29 is 0 Å². The first kappa shape index (κ1) is 13.1. The molecule has 0 unspecified atom stereocenters. The fourth-order valence-corrected chi connectivity index (χ4v) is 3.09. The average molecular weight is 291 g/mol. The molecule has 0 fully saturated rings. The van der Waals surface area contributed by atoms with Crippen LogP contribution in [-0.4, -0.2) is 9.97 Å². The molecular weight excluding hydrogens is 274 g/mol. The molecule has 4 nitrogen and oxygen atoms in total. The van der Waals surface area contributed by atoms with Gasteiger partial charge in [0.2, 0.25) is 5.95 Å². The highest BCUT2D eigenvalue weighted by atomic mass is 16.1. The van der Waals surface area contributed by atoms with E-state index in [9.17, 15) is 4.79 Å². The van der Waals surface area contributed by atoms with Crippen LogP contribution in [0.4, 0.5) is 11.6 Å². The summed E-state index contributed by atoms with van der Waals surface area (Å²) in [5.41, 5.74) is 4.40. The molecule has 4 rings (SSSR count). The number of aromatic nitrogens is 2. The van der Waals surface area contributed by atoms with E-state index in [-0.39, 0.29) is 5.56 Å². The Morgan fingerprint density at radius 2 is 1.82 bits per heavy atom.